The van der Waals surface area contributed by atoms with Crippen molar-refractivity contribution in [2.45, 2.75) is 155 Å². The molecule has 0 spiro atoms. The van der Waals surface area contributed by atoms with Crippen LogP contribution in [0.3, 0.4) is 0 Å². The molecule has 1 unspecified atom stereocenters. The lowest BCUT2D eigenvalue weighted by atomic mass is 9.99. The lowest BCUT2D eigenvalue weighted by Crippen LogP contribution is -2.26. The van der Waals surface area contributed by atoms with E-state index >= 15 is 0 Å². The second kappa shape index (κ2) is 33.6. The Balaban J connectivity index is 4.26. The minimum Gasteiger partial charge on any atom is -0.465 e. The molecule has 0 fully saturated rings. The SMILES string of the molecule is C/C=C/C=C/C(=O)OCCCCCCCCCC(=O)[C@H](COC(=O)CCCCCCCCCCCCCCC)COP(=O)(O)OCCN. The molecule has 0 aromatic rings. The predicted octanol–water partition coefficient (Wildman–Crippen LogP) is 9.08. The standard InChI is InChI=1S/C37H68NO9P/c1-3-5-7-8-9-10-11-12-13-14-17-20-24-28-37(41)45-32-34(33-47-48(42,43)46-31-29-38)35(39)26-23-19-16-15-18-21-25-30-44-36(40)27-22-6-4-2/h4,6,22,27,34H,3,5,7-21,23-26,28-33,38H2,1-2H3,(H,42,43)/b6-4+,27-22+/t34-/m1/s1. The van der Waals surface area contributed by atoms with Crippen LogP contribution in [-0.2, 0) is 37.5 Å². The zero-order valence-corrected chi connectivity index (χ0v) is 31.1. The fourth-order valence-corrected chi connectivity index (χ4v) is 5.91. The summed E-state index contributed by atoms with van der Waals surface area (Å²) in [5.41, 5.74) is 5.33. The summed E-state index contributed by atoms with van der Waals surface area (Å²) < 4.78 is 32.5. The number of esters is 2. The highest BCUT2D eigenvalue weighted by Crippen LogP contribution is 2.43. The Morgan fingerprint density at radius 3 is 1.73 bits per heavy atom. The third-order valence-corrected chi connectivity index (χ3v) is 9.03. The molecule has 3 N–H and O–H groups in total. The van der Waals surface area contributed by atoms with Gasteiger partial charge < -0.3 is 20.1 Å². The van der Waals surface area contributed by atoms with E-state index in [1.54, 1.807) is 12.2 Å². The fraction of sp³-hybridized carbons (Fsp3) is 0.811. The molecule has 0 aliphatic heterocycles. The first-order valence-electron chi connectivity index (χ1n) is 18.7. The molecule has 0 saturated heterocycles. The molecule has 0 rings (SSSR count). The Labute approximate surface area is 291 Å². The van der Waals surface area contributed by atoms with Crippen LogP contribution in [-0.4, -0.2) is 55.6 Å². The summed E-state index contributed by atoms with van der Waals surface area (Å²) in [6.07, 6.45) is 29.3. The van der Waals surface area contributed by atoms with Crippen molar-refractivity contribution in [2.75, 3.05) is 33.0 Å². The van der Waals surface area contributed by atoms with Gasteiger partial charge in [-0.05, 0) is 26.2 Å². The highest BCUT2D eigenvalue weighted by atomic mass is 31.2. The first-order valence-corrected chi connectivity index (χ1v) is 20.2. The van der Waals surface area contributed by atoms with Crippen molar-refractivity contribution in [2.24, 2.45) is 11.7 Å². The Morgan fingerprint density at radius 2 is 1.19 bits per heavy atom. The van der Waals surface area contributed by atoms with Gasteiger partial charge in [0.25, 0.3) is 0 Å². The van der Waals surface area contributed by atoms with E-state index in [-0.39, 0.29) is 56.9 Å². The van der Waals surface area contributed by atoms with Gasteiger partial charge in [0.05, 0.1) is 25.7 Å². The monoisotopic (exact) mass is 701 g/mol. The normalized spacial score (nSPS) is 13.6. The maximum absolute atomic E-state index is 13.0. The van der Waals surface area contributed by atoms with Gasteiger partial charge in [-0.2, -0.15) is 0 Å². The number of unbranched alkanes of at least 4 members (excludes halogenated alkanes) is 18. The Morgan fingerprint density at radius 1 is 0.667 bits per heavy atom. The van der Waals surface area contributed by atoms with Crippen molar-refractivity contribution in [3.05, 3.63) is 24.3 Å². The molecular formula is C37H68NO9P. The number of carbonyl (C=O) groups excluding carboxylic acids is 3. The molecule has 0 aliphatic carbocycles. The number of phosphoric acid groups is 1. The van der Waals surface area contributed by atoms with E-state index in [4.69, 9.17) is 24.3 Å². The summed E-state index contributed by atoms with van der Waals surface area (Å²) >= 11 is 0. The first-order chi connectivity index (χ1) is 23.3. The van der Waals surface area contributed by atoms with Crippen molar-refractivity contribution in [1.29, 1.82) is 0 Å². The number of hydrogen-bond acceptors (Lipinski definition) is 9. The van der Waals surface area contributed by atoms with Crippen LogP contribution in [0.2, 0.25) is 0 Å². The van der Waals surface area contributed by atoms with Crippen LogP contribution in [0.5, 0.6) is 0 Å². The zero-order chi connectivity index (χ0) is 35.6. The van der Waals surface area contributed by atoms with Crippen molar-refractivity contribution in [1.82, 2.24) is 0 Å². The minimum absolute atomic E-state index is 0.0508. The number of Topliss-reactive ketones (excluding diaryl/α,β-unsaturated/α-hetero) is 1. The van der Waals surface area contributed by atoms with Crippen LogP contribution in [0.15, 0.2) is 24.3 Å². The van der Waals surface area contributed by atoms with E-state index in [0.717, 1.165) is 57.8 Å². The van der Waals surface area contributed by atoms with E-state index in [9.17, 15) is 23.8 Å². The van der Waals surface area contributed by atoms with Gasteiger partial charge in [-0.15, -0.1) is 0 Å². The van der Waals surface area contributed by atoms with E-state index in [1.165, 1.54) is 70.3 Å². The Bertz CT molecular complexity index is 909. The van der Waals surface area contributed by atoms with Crippen LogP contribution in [0, 0.1) is 5.92 Å². The topological polar surface area (TPSA) is 151 Å². The molecule has 0 aromatic heterocycles. The average molecular weight is 702 g/mol. The highest BCUT2D eigenvalue weighted by molar-refractivity contribution is 7.47. The van der Waals surface area contributed by atoms with Gasteiger partial charge in [0.2, 0.25) is 0 Å². The second-order valence-electron chi connectivity index (χ2n) is 12.5. The Kier molecular flexibility index (Phi) is 32.4. The molecule has 0 radical (unpaired) electrons. The number of carbonyl (C=O) groups is 3. The predicted molar refractivity (Wildman–Crippen MR) is 192 cm³/mol. The van der Waals surface area contributed by atoms with Crippen molar-refractivity contribution >= 4 is 25.5 Å². The quantitative estimate of drug-likeness (QED) is 0.0215. The van der Waals surface area contributed by atoms with E-state index < -0.39 is 13.7 Å². The van der Waals surface area contributed by atoms with Gasteiger partial charge in [0.1, 0.15) is 12.4 Å². The van der Waals surface area contributed by atoms with Gasteiger partial charge in [-0.3, -0.25) is 18.6 Å². The molecule has 10 nitrogen and oxygen atoms in total. The smallest absolute Gasteiger partial charge is 0.465 e. The van der Waals surface area contributed by atoms with E-state index in [1.807, 2.05) is 13.0 Å². The molecule has 11 heteroatoms. The summed E-state index contributed by atoms with van der Waals surface area (Å²) in [4.78, 5) is 46.7. The van der Waals surface area contributed by atoms with Crippen molar-refractivity contribution < 1.29 is 42.4 Å². The molecule has 0 saturated carbocycles. The maximum Gasteiger partial charge on any atom is 0.472 e. The molecule has 2 atom stereocenters. The van der Waals surface area contributed by atoms with Crippen LogP contribution < -0.4 is 5.73 Å². The summed E-state index contributed by atoms with van der Waals surface area (Å²) in [5, 5.41) is 0. The third kappa shape index (κ3) is 31.4. The van der Waals surface area contributed by atoms with Crippen LogP contribution in [0.25, 0.3) is 0 Å². The molecule has 0 aliphatic rings. The molecule has 280 valence electrons. The van der Waals surface area contributed by atoms with Crippen LogP contribution in [0.1, 0.15) is 155 Å². The lowest BCUT2D eigenvalue weighted by Gasteiger charge is -2.18. The van der Waals surface area contributed by atoms with E-state index in [0.29, 0.717) is 13.0 Å². The molecule has 0 bridgehead atoms. The summed E-state index contributed by atoms with van der Waals surface area (Å²) in [6.45, 7) is 3.85. The van der Waals surface area contributed by atoms with Gasteiger partial charge in [-0.25, -0.2) is 9.36 Å². The number of nitrogens with two attached hydrogens (primary N) is 1. The van der Waals surface area contributed by atoms with Crippen LogP contribution in [0.4, 0.5) is 0 Å². The Hall–Kier alpha value is -1.84. The minimum atomic E-state index is -4.37. The zero-order valence-electron chi connectivity index (χ0n) is 30.2. The number of ether oxygens (including phenoxy) is 2. The van der Waals surface area contributed by atoms with Gasteiger partial charge in [0, 0.05) is 25.5 Å². The molecule has 0 aromatic carbocycles. The largest absolute Gasteiger partial charge is 0.472 e. The number of phosphoric ester groups is 1. The molecular weight excluding hydrogens is 633 g/mol. The first kappa shape index (κ1) is 46.2. The molecule has 48 heavy (non-hydrogen) atoms. The maximum atomic E-state index is 13.0. The summed E-state index contributed by atoms with van der Waals surface area (Å²) in [6, 6.07) is 0. The third-order valence-electron chi connectivity index (χ3n) is 8.04. The molecule has 0 amide bonds. The lowest BCUT2D eigenvalue weighted by molar-refractivity contribution is -0.147. The summed E-state index contributed by atoms with van der Waals surface area (Å²) in [5.74, 6) is -1.73. The average Bonchev–Trinajstić information content (AvgIpc) is 3.06. The highest BCUT2D eigenvalue weighted by Gasteiger charge is 2.27. The number of ketones is 1. The van der Waals surface area contributed by atoms with Crippen LogP contribution >= 0.6 is 7.82 Å². The number of rotatable bonds is 35. The van der Waals surface area contributed by atoms with E-state index in [2.05, 4.69) is 6.92 Å². The second-order valence-corrected chi connectivity index (χ2v) is 14.0. The fourth-order valence-electron chi connectivity index (χ4n) is 5.13. The van der Waals surface area contributed by atoms with Crippen molar-refractivity contribution in [3.63, 3.8) is 0 Å². The number of allylic oxidation sites excluding steroid dienone is 3. The van der Waals surface area contributed by atoms with Gasteiger partial charge >= 0.3 is 19.8 Å². The molecule has 0 heterocycles. The van der Waals surface area contributed by atoms with Gasteiger partial charge in [0.15, 0.2) is 0 Å². The van der Waals surface area contributed by atoms with Crippen molar-refractivity contribution in [3.8, 4) is 0 Å². The summed E-state index contributed by atoms with van der Waals surface area (Å²) in [7, 11) is -4.37. The number of hydrogen-bond donors (Lipinski definition) is 2. The van der Waals surface area contributed by atoms with Gasteiger partial charge in [-0.1, -0.05) is 134 Å².